The summed E-state index contributed by atoms with van der Waals surface area (Å²) in [5.74, 6) is 1.04. The molecule has 0 N–H and O–H groups in total. The Kier molecular flexibility index (Phi) is 5.75. The number of carbonyl (C=O) groups excluding carboxylic acids is 2. The van der Waals surface area contributed by atoms with Gasteiger partial charge in [-0.15, -0.1) is 0 Å². The highest BCUT2D eigenvalue weighted by atomic mass is 16.5. The molecule has 6 nitrogen and oxygen atoms in total. The first-order chi connectivity index (χ1) is 14.6. The van der Waals surface area contributed by atoms with E-state index in [4.69, 9.17) is 4.74 Å². The average Bonchev–Trinajstić information content (AvgIpc) is 2.80. The number of rotatable bonds is 5. The summed E-state index contributed by atoms with van der Waals surface area (Å²) in [6.07, 6.45) is 4.13. The molecule has 2 aromatic carbocycles. The first-order valence-electron chi connectivity index (χ1n) is 9.95. The molecule has 1 aliphatic rings. The Morgan fingerprint density at radius 3 is 2.27 bits per heavy atom. The van der Waals surface area contributed by atoms with Gasteiger partial charge in [0.2, 0.25) is 0 Å². The molecule has 6 heteroatoms. The molecule has 1 aliphatic heterocycles. The van der Waals surface area contributed by atoms with Crippen molar-refractivity contribution < 1.29 is 19.1 Å². The Bertz CT molecular complexity index is 1020. The van der Waals surface area contributed by atoms with Gasteiger partial charge in [0, 0.05) is 36.7 Å². The van der Waals surface area contributed by atoms with E-state index < -0.39 is 0 Å². The van der Waals surface area contributed by atoms with Crippen molar-refractivity contribution in [3.63, 3.8) is 0 Å². The largest absolute Gasteiger partial charge is 0.619 e. The van der Waals surface area contributed by atoms with E-state index in [0.717, 1.165) is 18.6 Å². The molecule has 0 spiro atoms. The molecule has 0 saturated carbocycles. The Morgan fingerprint density at radius 2 is 1.57 bits per heavy atom. The van der Waals surface area contributed by atoms with Gasteiger partial charge in [-0.3, -0.25) is 9.59 Å². The second-order valence-corrected chi connectivity index (χ2v) is 7.34. The lowest BCUT2D eigenvalue weighted by molar-refractivity contribution is -0.605. The predicted molar refractivity (Wildman–Crippen MR) is 111 cm³/mol. The summed E-state index contributed by atoms with van der Waals surface area (Å²) in [5, 5.41) is 11.2. The molecule has 0 bridgehead atoms. The average molecular weight is 402 g/mol. The van der Waals surface area contributed by atoms with Gasteiger partial charge in [0.25, 0.3) is 5.91 Å². The van der Waals surface area contributed by atoms with Crippen molar-refractivity contribution in [1.29, 1.82) is 0 Å². The van der Waals surface area contributed by atoms with Crippen LogP contribution in [0.4, 0.5) is 0 Å². The fourth-order valence-corrected chi connectivity index (χ4v) is 3.66. The van der Waals surface area contributed by atoms with Crippen LogP contribution in [0.2, 0.25) is 0 Å². The first-order valence-corrected chi connectivity index (χ1v) is 9.95. The number of hydrogen-bond acceptors (Lipinski definition) is 4. The fraction of sp³-hybridized carbons (Fsp3) is 0.208. The number of likely N-dealkylation sites (tertiary alicyclic amines) is 1. The number of hydrogen-bond donors (Lipinski definition) is 0. The number of carbonyl (C=O) groups is 2. The van der Waals surface area contributed by atoms with Crippen molar-refractivity contribution in [3.05, 3.63) is 95.5 Å². The van der Waals surface area contributed by atoms with Crippen LogP contribution >= 0.6 is 0 Å². The lowest BCUT2D eigenvalue weighted by Gasteiger charge is -2.32. The highest BCUT2D eigenvalue weighted by Gasteiger charge is 2.29. The van der Waals surface area contributed by atoms with Gasteiger partial charge >= 0.3 is 0 Å². The van der Waals surface area contributed by atoms with Crippen LogP contribution in [0.1, 0.15) is 33.6 Å². The second kappa shape index (κ2) is 8.78. The van der Waals surface area contributed by atoms with Crippen molar-refractivity contribution in [3.8, 4) is 11.5 Å². The normalized spacial score (nSPS) is 16.1. The van der Waals surface area contributed by atoms with Crippen LogP contribution in [-0.4, -0.2) is 29.7 Å². The molecule has 1 aromatic heterocycles. The van der Waals surface area contributed by atoms with Crippen molar-refractivity contribution >= 4 is 11.7 Å². The number of amides is 1. The van der Waals surface area contributed by atoms with E-state index in [0.29, 0.717) is 34.7 Å². The van der Waals surface area contributed by atoms with Gasteiger partial charge < -0.3 is 14.8 Å². The van der Waals surface area contributed by atoms with Gasteiger partial charge in [0.1, 0.15) is 11.5 Å². The molecule has 2 heterocycles. The molecule has 1 saturated heterocycles. The molecule has 1 fully saturated rings. The zero-order valence-electron chi connectivity index (χ0n) is 16.4. The molecule has 0 radical (unpaired) electrons. The maximum absolute atomic E-state index is 13.0. The van der Waals surface area contributed by atoms with Crippen LogP contribution in [0.15, 0.2) is 79.1 Å². The highest BCUT2D eigenvalue weighted by molar-refractivity contribution is 5.99. The first kappa shape index (κ1) is 19.6. The molecule has 3 aromatic rings. The van der Waals surface area contributed by atoms with Crippen LogP contribution in [0.5, 0.6) is 11.5 Å². The van der Waals surface area contributed by atoms with Crippen molar-refractivity contribution in [2.24, 2.45) is 5.92 Å². The summed E-state index contributed by atoms with van der Waals surface area (Å²) in [7, 11) is 0. The molecule has 0 unspecified atom stereocenters. The summed E-state index contributed by atoms with van der Waals surface area (Å²) >= 11 is 0. The van der Waals surface area contributed by atoms with E-state index in [-0.39, 0.29) is 17.6 Å². The smallest absolute Gasteiger partial charge is 0.254 e. The highest BCUT2D eigenvalue weighted by Crippen LogP contribution is 2.25. The molecule has 4 rings (SSSR count). The second-order valence-electron chi connectivity index (χ2n) is 7.34. The summed E-state index contributed by atoms with van der Waals surface area (Å²) in [6.45, 7) is 0.991. The molecular weight excluding hydrogens is 380 g/mol. The van der Waals surface area contributed by atoms with E-state index in [1.54, 1.807) is 29.2 Å². The molecule has 152 valence electrons. The number of para-hydroxylation sites is 1. The Hall–Kier alpha value is -3.67. The van der Waals surface area contributed by atoms with Gasteiger partial charge in [-0.2, -0.15) is 4.73 Å². The van der Waals surface area contributed by atoms with Crippen LogP contribution in [0.25, 0.3) is 0 Å². The molecule has 0 aliphatic carbocycles. The standard InChI is InChI=1S/C24H22N2O4/c27-23(18-8-10-22(11-9-18)30-21-6-2-1-3-7-21)20-5-4-14-25(17-20)24(28)19-12-15-26(29)16-13-19/h1-3,6-13,15-16,20H,4-5,14,17H2/t20-/m1/s1. The van der Waals surface area contributed by atoms with Crippen molar-refractivity contribution in [1.82, 2.24) is 4.90 Å². The maximum atomic E-state index is 13.0. The SMILES string of the molecule is O=C(c1ccc(Oc2ccccc2)cc1)[C@@H]1CCCN(C(=O)c2cc[n+]([O-])cc2)C1. The molecule has 1 amide bonds. The minimum Gasteiger partial charge on any atom is -0.619 e. The number of ketones is 1. The third-order valence-corrected chi connectivity index (χ3v) is 5.25. The fourth-order valence-electron chi connectivity index (χ4n) is 3.66. The summed E-state index contributed by atoms with van der Waals surface area (Å²) in [6, 6.07) is 19.6. The van der Waals surface area contributed by atoms with Gasteiger partial charge in [0.15, 0.2) is 18.2 Å². The van der Waals surface area contributed by atoms with E-state index in [1.807, 2.05) is 30.3 Å². The van der Waals surface area contributed by atoms with Crippen LogP contribution in [0.3, 0.4) is 0 Å². The number of pyridine rings is 1. The number of aromatic nitrogens is 1. The van der Waals surface area contributed by atoms with Gasteiger partial charge in [-0.25, -0.2) is 0 Å². The third kappa shape index (κ3) is 4.49. The van der Waals surface area contributed by atoms with Gasteiger partial charge in [-0.05, 0) is 49.2 Å². The van der Waals surface area contributed by atoms with Crippen LogP contribution in [0, 0.1) is 11.1 Å². The third-order valence-electron chi connectivity index (χ3n) is 5.25. The zero-order valence-corrected chi connectivity index (χ0v) is 16.4. The predicted octanol–water partition coefficient (Wildman–Crippen LogP) is 3.85. The molecule has 30 heavy (non-hydrogen) atoms. The number of benzene rings is 2. The van der Waals surface area contributed by atoms with Crippen molar-refractivity contribution in [2.45, 2.75) is 12.8 Å². The van der Waals surface area contributed by atoms with Crippen LogP contribution in [-0.2, 0) is 0 Å². The van der Waals surface area contributed by atoms with E-state index in [9.17, 15) is 14.8 Å². The monoisotopic (exact) mass is 402 g/mol. The quantitative estimate of drug-likeness (QED) is 0.369. The Labute approximate surface area is 174 Å². The Morgan fingerprint density at radius 1 is 0.900 bits per heavy atom. The lowest BCUT2D eigenvalue weighted by Crippen LogP contribution is -2.42. The maximum Gasteiger partial charge on any atom is 0.254 e. The minimum atomic E-state index is -0.239. The zero-order chi connectivity index (χ0) is 20.9. The molecular formula is C24H22N2O4. The van der Waals surface area contributed by atoms with Gasteiger partial charge in [0.05, 0.1) is 5.56 Å². The topological polar surface area (TPSA) is 73.5 Å². The lowest BCUT2D eigenvalue weighted by atomic mass is 9.89. The number of nitrogens with zero attached hydrogens (tertiary/aromatic N) is 2. The van der Waals surface area contributed by atoms with E-state index >= 15 is 0 Å². The van der Waals surface area contributed by atoms with E-state index in [2.05, 4.69) is 0 Å². The summed E-state index contributed by atoms with van der Waals surface area (Å²) < 4.78 is 6.42. The Balaban J connectivity index is 1.41. The number of Topliss-reactive ketones (excluding diaryl/α,β-unsaturated/α-hetero) is 1. The summed E-state index contributed by atoms with van der Waals surface area (Å²) in [5.41, 5.74) is 1.07. The number of piperidine rings is 1. The van der Waals surface area contributed by atoms with Gasteiger partial charge in [-0.1, -0.05) is 18.2 Å². The van der Waals surface area contributed by atoms with E-state index in [1.165, 1.54) is 24.5 Å². The van der Waals surface area contributed by atoms with Crippen molar-refractivity contribution in [2.75, 3.05) is 13.1 Å². The van der Waals surface area contributed by atoms with Crippen LogP contribution < -0.4 is 9.47 Å². The number of ether oxygens (including phenoxy) is 1. The summed E-state index contributed by atoms with van der Waals surface area (Å²) in [4.78, 5) is 27.4. The molecule has 1 atom stereocenters. The minimum absolute atomic E-state index is 0.0317.